The van der Waals surface area contributed by atoms with E-state index in [0.29, 0.717) is 12.5 Å². The van der Waals surface area contributed by atoms with Crippen molar-refractivity contribution < 1.29 is 18.0 Å². The Morgan fingerprint density at radius 3 is 2.50 bits per heavy atom. The van der Waals surface area contributed by atoms with E-state index in [9.17, 15) is 18.0 Å². The molecule has 2 heterocycles. The highest BCUT2D eigenvalue weighted by molar-refractivity contribution is 5.99. The van der Waals surface area contributed by atoms with Crippen molar-refractivity contribution in [1.29, 1.82) is 0 Å². The fourth-order valence-corrected chi connectivity index (χ4v) is 3.31. The average Bonchev–Trinajstić information content (AvgIpc) is 2.74. The van der Waals surface area contributed by atoms with Crippen LogP contribution in [0.3, 0.4) is 0 Å². The van der Waals surface area contributed by atoms with Crippen LogP contribution >= 0.6 is 0 Å². The zero-order valence-corrected chi connectivity index (χ0v) is 12.0. The summed E-state index contributed by atoms with van der Waals surface area (Å²) in [6.45, 7) is 0.562. The van der Waals surface area contributed by atoms with Crippen LogP contribution in [0.15, 0.2) is 0 Å². The quantitative estimate of drug-likeness (QED) is 0.911. The predicted molar refractivity (Wildman–Crippen MR) is 72.8 cm³/mol. The molecule has 2 N–H and O–H groups in total. The fourth-order valence-electron chi connectivity index (χ4n) is 3.31. The number of hydrogen-bond donors (Lipinski definition) is 1. The van der Waals surface area contributed by atoms with Gasteiger partial charge in [-0.05, 0) is 18.8 Å². The third kappa shape index (κ3) is 2.74. The maximum atomic E-state index is 13.1. The molecular weight excluding hydrogens is 297 g/mol. The van der Waals surface area contributed by atoms with Gasteiger partial charge in [0.25, 0.3) is 5.91 Å². The van der Waals surface area contributed by atoms with Crippen molar-refractivity contribution in [3.05, 3.63) is 17.0 Å². The van der Waals surface area contributed by atoms with Crippen LogP contribution in [0.1, 0.15) is 53.8 Å². The summed E-state index contributed by atoms with van der Waals surface area (Å²) >= 11 is 0. The molecule has 1 saturated carbocycles. The lowest BCUT2D eigenvalue weighted by atomic mass is 9.89. The molecule has 1 aliphatic carbocycles. The van der Waals surface area contributed by atoms with E-state index in [-0.39, 0.29) is 12.2 Å². The van der Waals surface area contributed by atoms with Crippen molar-refractivity contribution in [2.45, 2.75) is 44.8 Å². The van der Waals surface area contributed by atoms with Crippen LogP contribution in [0.4, 0.5) is 19.1 Å². The van der Waals surface area contributed by atoms with Gasteiger partial charge in [0, 0.05) is 6.54 Å². The first kappa shape index (κ1) is 15.1. The van der Waals surface area contributed by atoms with Gasteiger partial charge >= 0.3 is 6.18 Å². The fraction of sp³-hybridized carbons (Fsp3) is 0.643. The molecular formula is C14H17F3N4O. The summed E-state index contributed by atoms with van der Waals surface area (Å²) in [5, 5.41) is 0. The molecule has 1 aromatic heterocycles. The number of halogens is 3. The van der Waals surface area contributed by atoms with E-state index >= 15 is 0 Å². The lowest BCUT2D eigenvalue weighted by molar-refractivity contribution is -0.141. The van der Waals surface area contributed by atoms with Crippen molar-refractivity contribution >= 4 is 11.9 Å². The van der Waals surface area contributed by atoms with Gasteiger partial charge < -0.3 is 10.6 Å². The molecule has 1 aromatic rings. The van der Waals surface area contributed by atoms with Crippen molar-refractivity contribution in [1.82, 2.24) is 14.9 Å². The first-order chi connectivity index (χ1) is 10.4. The van der Waals surface area contributed by atoms with E-state index in [1.54, 1.807) is 0 Å². The van der Waals surface area contributed by atoms with Crippen LogP contribution in [0.25, 0.3) is 0 Å². The predicted octanol–water partition coefficient (Wildman–Crippen LogP) is 2.61. The summed E-state index contributed by atoms with van der Waals surface area (Å²) in [5.74, 6) is -0.724. The third-order valence-corrected chi connectivity index (χ3v) is 4.31. The first-order valence-corrected chi connectivity index (χ1v) is 7.39. The standard InChI is InChI=1S/C14H17F3N4O/c15-14(16,17)11-10-9(19-13(18)20-11)7-21(12(10)22)6-8-4-2-1-3-5-8/h8H,1-7H2,(H2,18,19,20). The highest BCUT2D eigenvalue weighted by Gasteiger charge is 2.44. The number of aromatic nitrogens is 2. The van der Waals surface area contributed by atoms with Crippen LogP contribution in [0.5, 0.6) is 0 Å². The molecule has 0 unspecified atom stereocenters. The number of nitrogen functional groups attached to an aromatic ring is 1. The molecule has 0 aromatic carbocycles. The maximum absolute atomic E-state index is 13.1. The van der Waals surface area contributed by atoms with Gasteiger partial charge in [0.1, 0.15) is 0 Å². The van der Waals surface area contributed by atoms with Crippen LogP contribution < -0.4 is 5.73 Å². The number of carbonyl (C=O) groups excluding carboxylic acids is 1. The zero-order chi connectivity index (χ0) is 15.9. The highest BCUT2D eigenvalue weighted by Crippen LogP contribution is 2.36. The summed E-state index contributed by atoms with van der Waals surface area (Å²) in [6.07, 6.45) is 0.725. The Labute approximate surface area is 125 Å². The Balaban J connectivity index is 1.87. The lowest BCUT2D eigenvalue weighted by Gasteiger charge is -2.26. The molecule has 0 atom stereocenters. The van der Waals surface area contributed by atoms with Gasteiger partial charge in [0.2, 0.25) is 5.95 Å². The number of nitrogens with zero attached hydrogens (tertiary/aromatic N) is 3. The number of carbonyl (C=O) groups is 1. The van der Waals surface area contributed by atoms with E-state index in [0.717, 1.165) is 25.7 Å². The second kappa shape index (κ2) is 5.40. The number of amides is 1. The van der Waals surface area contributed by atoms with Gasteiger partial charge in [-0.2, -0.15) is 13.2 Å². The topological polar surface area (TPSA) is 72.1 Å². The molecule has 1 amide bonds. The van der Waals surface area contributed by atoms with Gasteiger partial charge in [-0.1, -0.05) is 19.3 Å². The van der Waals surface area contributed by atoms with Crippen molar-refractivity contribution in [2.24, 2.45) is 5.92 Å². The molecule has 0 bridgehead atoms. The summed E-state index contributed by atoms with van der Waals surface area (Å²) in [5.41, 5.74) is 3.79. The Morgan fingerprint density at radius 1 is 1.18 bits per heavy atom. The summed E-state index contributed by atoms with van der Waals surface area (Å²) in [7, 11) is 0. The molecule has 5 nitrogen and oxygen atoms in total. The molecule has 0 radical (unpaired) electrons. The Morgan fingerprint density at radius 2 is 1.86 bits per heavy atom. The van der Waals surface area contributed by atoms with Crippen LogP contribution in [-0.2, 0) is 12.7 Å². The van der Waals surface area contributed by atoms with Crippen LogP contribution in [-0.4, -0.2) is 27.3 Å². The van der Waals surface area contributed by atoms with Crippen molar-refractivity contribution in [3.8, 4) is 0 Å². The Bertz CT molecular complexity index is 596. The molecule has 8 heteroatoms. The smallest absolute Gasteiger partial charge is 0.368 e. The van der Waals surface area contributed by atoms with Gasteiger partial charge in [-0.25, -0.2) is 9.97 Å². The molecule has 1 aliphatic heterocycles. The second-order valence-corrected chi connectivity index (χ2v) is 5.94. The van der Waals surface area contributed by atoms with Crippen LogP contribution in [0.2, 0.25) is 0 Å². The van der Waals surface area contributed by atoms with E-state index < -0.39 is 29.3 Å². The number of rotatable bonds is 2. The lowest BCUT2D eigenvalue weighted by Crippen LogP contribution is -2.31. The van der Waals surface area contributed by atoms with Gasteiger partial charge in [-0.3, -0.25) is 4.79 Å². The monoisotopic (exact) mass is 314 g/mol. The summed E-state index contributed by atoms with van der Waals surface area (Å²) < 4.78 is 39.2. The minimum absolute atomic E-state index is 0.0838. The normalized spacial score (nSPS) is 19.6. The molecule has 120 valence electrons. The molecule has 2 aliphatic rings. The summed E-state index contributed by atoms with van der Waals surface area (Å²) in [6, 6.07) is 0. The van der Waals surface area contributed by atoms with Gasteiger partial charge in [0.15, 0.2) is 5.69 Å². The molecule has 0 saturated heterocycles. The first-order valence-electron chi connectivity index (χ1n) is 7.39. The highest BCUT2D eigenvalue weighted by atomic mass is 19.4. The van der Waals surface area contributed by atoms with E-state index in [1.807, 2.05) is 0 Å². The average molecular weight is 314 g/mol. The minimum Gasteiger partial charge on any atom is -0.368 e. The maximum Gasteiger partial charge on any atom is 0.434 e. The van der Waals surface area contributed by atoms with Gasteiger partial charge in [-0.15, -0.1) is 0 Å². The molecule has 0 spiro atoms. The minimum atomic E-state index is -4.71. The number of anilines is 1. The van der Waals surface area contributed by atoms with E-state index in [4.69, 9.17) is 5.73 Å². The third-order valence-electron chi connectivity index (χ3n) is 4.31. The van der Waals surface area contributed by atoms with Crippen molar-refractivity contribution in [2.75, 3.05) is 12.3 Å². The van der Waals surface area contributed by atoms with Crippen molar-refractivity contribution in [3.63, 3.8) is 0 Å². The second-order valence-electron chi connectivity index (χ2n) is 5.94. The number of alkyl halides is 3. The number of nitrogens with two attached hydrogens (primary N) is 1. The largest absolute Gasteiger partial charge is 0.434 e. The van der Waals surface area contributed by atoms with Gasteiger partial charge in [0.05, 0.1) is 17.8 Å². The molecule has 1 fully saturated rings. The SMILES string of the molecule is Nc1nc2c(c(C(F)(F)F)n1)C(=O)N(CC1CCCCC1)C2. The van der Waals surface area contributed by atoms with Crippen LogP contribution in [0, 0.1) is 5.92 Å². The van der Waals surface area contributed by atoms with E-state index in [2.05, 4.69) is 9.97 Å². The Kier molecular flexibility index (Phi) is 3.70. The molecule has 3 rings (SSSR count). The Hall–Kier alpha value is -1.86. The number of fused-ring (bicyclic) bond motifs is 1. The zero-order valence-electron chi connectivity index (χ0n) is 12.0. The molecule has 22 heavy (non-hydrogen) atoms. The van der Waals surface area contributed by atoms with E-state index in [1.165, 1.54) is 11.3 Å². The summed E-state index contributed by atoms with van der Waals surface area (Å²) in [4.78, 5) is 20.9. The number of hydrogen-bond acceptors (Lipinski definition) is 4.